The molecular weight excluding hydrogens is 631 g/mol. The minimum Gasteiger partial charge on any atom is -0.450 e. The molecule has 0 saturated carbocycles. The second kappa shape index (κ2) is 15.1. The minimum absolute atomic E-state index is 0.0219. The van der Waals surface area contributed by atoms with E-state index in [0.29, 0.717) is 50.4 Å². The summed E-state index contributed by atoms with van der Waals surface area (Å²) in [6.45, 7) is 14.7. The van der Waals surface area contributed by atoms with Crippen LogP contribution in [0.1, 0.15) is 57.4 Å². The summed E-state index contributed by atoms with van der Waals surface area (Å²) in [6, 6.07) is 5.53. The number of carbonyl (C=O) groups is 2. The van der Waals surface area contributed by atoms with E-state index in [0.717, 1.165) is 12.8 Å². The number of unbranched alkanes of at least 4 members (excludes halogenated alkanes) is 1. The van der Waals surface area contributed by atoms with Gasteiger partial charge < -0.3 is 29.4 Å². The van der Waals surface area contributed by atoms with Crippen LogP contribution in [0, 0.1) is 5.82 Å². The van der Waals surface area contributed by atoms with Crippen LogP contribution >= 0.6 is 11.6 Å². The van der Waals surface area contributed by atoms with Crippen molar-refractivity contribution in [2.45, 2.75) is 83.7 Å². The molecule has 252 valence electrons. The lowest BCUT2D eigenvalue weighted by atomic mass is 10.1. The molecule has 0 radical (unpaired) electrons. The molecule has 1 aliphatic heterocycles. The highest BCUT2D eigenvalue weighted by atomic mass is 35.5. The van der Waals surface area contributed by atoms with E-state index in [1.165, 1.54) is 12.1 Å². The Bertz CT molecular complexity index is 1530. The maximum atomic E-state index is 15.9. The molecule has 3 aromatic rings. The van der Waals surface area contributed by atoms with E-state index in [1.54, 1.807) is 30.1 Å². The Kier molecular flexibility index (Phi) is 11.7. The Hall–Kier alpha value is -3.26. The van der Waals surface area contributed by atoms with Crippen LogP contribution in [0.5, 0.6) is 0 Å². The van der Waals surface area contributed by atoms with Gasteiger partial charge in [0.25, 0.3) is 5.91 Å². The topological polar surface area (TPSA) is 120 Å². The third-order valence-electron chi connectivity index (χ3n) is 8.75. The fourth-order valence-corrected chi connectivity index (χ4v) is 6.39. The van der Waals surface area contributed by atoms with E-state index in [1.807, 2.05) is 6.92 Å². The van der Waals surface area contributed by atoms with Gasteiger partial charge in [-0.25, -0.2) is 14.2 Å². The summed E-state index contributed by atoms with van der Waals surface area (Å²) in [5, 5.41) is 11.0. The number of alkyl carbamates (subject to hydrolysis) is 1. The number of aromatic nitrogens is 3. The van der Waals surface area contributed by atoms with Crippen molar-refractivity contribution in [1.29, 1.82) is 0 Å². The van der Waals surface area contributed by atoms with Crippen LogP contribution in [-0.4, -0.2) is 80.6 Å². The highest BCUT2D eigenvalue weighted by Gasteiger charge is 2.41. The first-order valence-corrected chi connectivity index (χ1v) is 19.0. The van der Waals surface area contributed by atoms with Gasteiger partial charge in [-0.05, 0) is 43.1 Å². The van der Waals surface area contributed by atoms with E-state index >= 15 is 4.39 Å². The third-order valence-corrected chi connectivity index (χ3v) is 13.5. The lowest BCUT2D eigenvalue weighted by molar-refractivity contribution is 0.102. The Morgan fingerprint density at radius 1 is 1.22 bits per heavy atom. The molecule has 2 atom stereocenters. The Morgan fingerprint density at radius 3 is 2.65 bits per heavy atom. The molecule has 0 aliphatic carbocycles. The SMILES string of the molecule is CCCCOC(=O)N[C@H]1C[C@@H](CO[Si](C)(C)C(C)(C)C)N(c2c(NC(=O)c3cccc(Cl)n3)cc(F)c3c2cnn3CCOC)C1. The number of hydrogen-bond acceptors (Lipinski definition) is 8. The molecule has 1 saturated heterocycles. The van der Waals surface area contributed by atoms with Gasteiger partial charge in [0.15, 0.2) is 14.1 Å². The van der Waals surface area contributed by atoms with Gasteiger partial charge in [0.2, 0.25) is 0 Å². The van der Waals surface area contributed by atoms with Crippen LogP contribution in [0.3, 0.4) is 0 Å². The number of amides is 2. The number of nitrogens with one attached hydrogen (secondary N) is 2. The van der Waals surface area contributed by atoms with E-state index in [-0.39, 0.29) is 39.2 Å². The predicted molar refractivity (Wildman–Crippen MR) is 181 cm³/mol. The van der Waals surface area contributed by atoms with Gasteiger partial charge in [-0.2, -0.15) is 5.10 Å². The van der Waals surface area contributed by atoms with Gasteiger partial charge in [-0.1, -0.05) is 51.8 Å². The van der Waals surface area contributed by atoms with Crippen molar-refractivity contribution in [3.63, 3.8) is 0 Å². The predicted octanol–water partition coefficient (Wildman–Crippen LogP) is 6.62. The monoisotopic (exact) mass is 676 g/mol. The number of anilines is 2. The number of halogens is 2. The molecule has 0 spiro atoms. The number of carbonyl (C=O) groups excluding carboxylic acids is 2. The number of fused-ring (bicyclic) bond motifs is 1. The second-order valence-electron chi connectivity index (χ2n) is 13.1. The van der Waals surface area contributed by atoms with Crippen molar-refractivity contribution >= 4 is 54.2 Å². The fraction of sp³-hybridized carbons (Fsp3) is 0.562. The fourth-order valence-electron chi connectivity index (χ4n) is 5.18. The van der Waals surface area contributed by atoms with Gasteiger partial charge >= 0.3 is 6.09 Å². The lowest BCUT2D eigenvalue weighted by Gasteiger charge is -2.38. The van der Waals surface area contributed by atoms with E-state index in [9.17, 15) is 9.59 Å². The van der Waals surface area contributed by atoms with E-state index in [4.69, 9.17) is 25.5 Å². The van der Waals surface area contributed by atoms with Crippen LogP contribution in [0.15, 0.2) is 30.5 Å². The van der Waals surface area contributed by atoms with Crippen molar-refractivity contribution in [1.82, 2.24) is 20.1 Å². The van der Waals surface area contributed by atoms with E-state index < -0.39 is 26.1 Å². The molecule has 1 aliphatic rings. The van der Waals surface area contributed by atoms with Crippen molar-refractivity contribution in [3.8, 4) is 0 Å². The molecule has 3 heterocycles. The normalized spacial score (nSPS) is 17.0. The molecule has 14 heteroatoms. The summed E-state index contributed by atoms with van der Waals surface area (Å²) >= 11 is 6.06. The van der Waals surface area contributed by atoms with Crippen LogP contribution in [0.2, 0.25) is 23.3 Å². The molecule has 1 fully saturated rings. The number of ether oxygens (including phenoxy) is 2. The zero-order chi connectivity index (χ0) is 33.6. The molecule has 46 heavy (non-hydrogen) atoms. The van der Waals surface area contributed by atoms with Crippen LogP contribution in [0.4, 0.5) is 20.6 Å². The quantitative estimate of drug-likeness (QED) is 0.118. The maximum absolute atomic E-state index is 15.9. The Labute approximate surface area is 276 Å². The molecule has 2 aromatic heterocycles. The number of pyridine rings is 1. The summed E-state index contributed by atoms with van der Waals surface area (Å²) < 4.78 is 34.8. The molecule has 1 aromatic carbocycles. The molecule has 0 bridgehead atoms. The van der Waals surface area contributed by atoms with Crippen LogP contribution in [0.25, 0.3) is 10.9 Å². The number of hydrogen-bond donors (Lipinski definition) is 2. The van der Waals surface area contributed by atoms with Crippen molar-refractivity contribution in [2.75, 3.05) is 43.7 Å². The van der Waals surface area contributed by atoms with Gasteiger partial charge in [0.05, 0.1) is 56.0 Å². The molecule has 0 unspecified atom stereocenters. The smallest absolute Gasteiger partial charge is 0.407 e. The second-order valence-corrected chi connectivity index (χ2v) is 18.3. The van der Waals surface area contributed by atoms with Crippen LogP contribution < -0.4 is 15.5 Å². The van der Waals surface area contributed by atoms with Crippen molar-refractivity contribution in [3.05, 3.63) is 47.1 Å². The molecule has 2 amide bonds. The highest BCUT2D eigenvalue weighted by molar-refractivity contribution is 6.74. The summed E-state index contributed by atoms with van der Waals surface area (Å²) in [5.41, 5.74) is 1.18. The van der Waals surface area contributed by atoms with Crippen molar-refractivity contribution < 1.29 is 27.9 Å². The molecule has 11 nitrogen and oxygen atoms in total. The first-order valence-electron chi connectivity index (χ1n) is 15.7. The average Bonchev–Trinajstić information content (AvgIpc) is 3.59. The first kappa shape index (κ1) is 35.6. The Morgan fingerprint density at radius 2 is 1.98 bits per heavy atom. The average molecular weight is 677 g/mol. The lowest BCUT2D eigenvalue weighted by Crippen LogP contribution is -2.45. The van der Waals surface area contributed by atoms with Gasteiger partial charge in [0.1, 0.15) is 16.4 Å². The molecule has 4 rings (SSSR count). The summed E-state index contributed by atoms with van der Waals surface area (Å²) in [6.07, 6.45) is 3.36. The number of benzene rings is 1. The number of methoxy groups -OCH3 is 1. The van der Waals surface area contributed by atoms with E-state index in [2.05, 4.69) is 59.5 Å². The molecule has 2 N–H and O–H groups in total. The van der Waals surface area contributed by atoms with Crippen molar-refractivity contribution in [2.24, 2.45) is 0 Å². The van der Waals surface area contributed by atoms with Gasteiger partial charge in [0, 0.05) is 25.1 Å². The summed E-state index contributed by atoms with van der Waals surface area (Å²) in [4.78, 5) is 32.3. The Balaban J connectivity index is 1.78. The van der Waals surface area contributed by atoms with Gasteiger partial charge in [-0.3, -0.25) is 9.48 Å². The minimum atomic E-state index is -2.16. The third kappa shape index (κ3) is 8.36. The summed E-state index contributed by atoms with van der Waals surface area (Å²) in [5.74, 6) is -1.10. The maximum Gasteiger partial charge on any atom is 0.407 e. The van der Waals surface area contributed by atoms with Gasteiger partial charge in [-0.15, -0.1) is 0 Å². The van der Waals surface area contributed by atoms with Crippen LogP contribution in [-0.2, 0) is 20.4 Å². The largest absolute Gasteiger partial charge is 0.450 e. The first-order chi connectivity index (χ1) is 21.8. The highest BCUT2D eigenvalue weighted by Crippen LogP contribution is 2.42. The standard InChI is InChI=1S/C32H46ClFN6O5Si/c1-8-9-14-44-31(42)36-21-16-22(20-45-46(6,7)32(2,3)4)39(19-21)29-23-18-35-40(13-15-43-5)28(23)24(34)17-26(29)38-30(41)25-11-10-12-27(33)37-25/h10-12,17-18,21-22H,8-9,13-16,19-20H2,1-7H3,(H,36,42)(H,38,41)/t21-,22-/m0/s1. The number of rotatable bonds is 13. The zero-order valence-electron chi connectivity index (χ0n) is 27.8. The zero-order valence-corrected chi connectivity index (χ0v) is 29.5. The molecular formula is C32H46ClFN6O5Si. The number of nitrogens with zero attached hydrogens (tertiary/aromatic N) is 4. The summed E-state index contributed by atoms with van der Waals surface area (Å²) in [7, 11) is -0.589.